The van der Waals surface area contributed by atoms with Gasteiger partial charge in [-0.05, 0) is 0 Å². The van der Waals surface area contributed by atoms with Crippen LogP contribution < -0.4 is 4.57 Å². The third kappa shape index (κ3) is 0.540. The lowest BCUT2D eigenvalue weighted by Gasteiger charge is -1.83. The maximum atomic E-state index is 10.7. The fraction of sp³-hybridized carbons (Fsp3) is 0. The van der Waals surface area contributed by atoms with Crippen LogP contribution in [0, 0.1) is 0 Å². The molecule has 0 aromatic carbocycles. The first-order valence-electron chi connectivity index (χ1n) is 2.70. The van der Waals surface area contributed by atoms with E-state index in [2.05, 4.69) is 15.2 Å². The van der Waals surface area contributed by atoms with Gasteiger partial charge in [0, 0.05) is 11.2 Å². The van der Waals surface area contributed by atoms with Gasteiger partial charge in [-0.3, -0.25) is 0 Å². The second-order valence-corrected chi connectivity index (χ2v) is 1.79. The van der Waals surface area contributed by atoms with Gasteiger partial charge < -0.3 is 0 Å². The number of azo groups is 1. The Morgan fingerprint density at radius 1 is 1.40 bits per heavy atom. The summed E-state index contributed by atoms with van der Waals surface area (Å²) in [5.74, 6) is 0.528. The van der Waals surface area contributed by atoms with Crippen molar-refractivity contribution in [2.75, 3.05) is 0 Å². The molecule has 1 aliphatic rings. The molecular formula is C5H3N4O+. The molecule has 0 atom stereocenters. The highest BCUT2D eigenvalue weighted by atomic mass is 16.2. The zero-order valence-corrected chi connectivity index (χ0v) is 4.93. The zero-order valence-electron chi connectivity index (χ0n) is 4.93. The highest BCUT2D eigenvalue weighted by molar-refractivity contribution is 5.68. The molecule has 10 heavy (non-hydrogen) atoms. The number of nitrogens with zero attached hydrogens (tertiary/aromatic N) is 4. The van der Waals surface area contributed by atoms with Crippen LogP contribution in [0.2, 0.25) is 0 Å². The van der Waals surface area contributed by atoms with Crippen LogP contribution in [0.1, 0.15) is 0 Å². The Kier molecular flexibility index (Phi) is 0.858. The highest BCUT2D eigenvalue weighted by Gasteiger charge is 2.23. The lowest BCUT2D eigenvalue weighted by molar-refractivity contribution is -0.553. The Bertz CT molecular complexity index is 319. The Labute approximate surface area is 56.0 Å². The lowest BCUT2D eigenvalue weighted by Crippen LogP contribution is -2.37. The van der Waals surface area contributed by atoms with Crippen molar-refractivity contribution in [2.24, 2.45) is 10.2 Å². The Morgan fingerprint density at radius 2 is 2.30 bits per heavy atom. The molecule has 1 amide bonds. The van der Waals surface area contributed by atoms with E-state index in [0.29, 0.717) is 5.82 Å². The predicted octanol–water partition coefficient (Wildman–Crippen LogP) is 0.434. The van der Waals surface area contributed by atoms with E-state index in [4.69, 9.17) is 0 Å². The predicted molar refractivity (Wildman–Crippen MR) is 29.7 cm³/mol. The van der Waals surface area contributed by atoms with E-state index in [1.807, 2.05) is 0 Å². The SMILES string of the molecule is O=C1N=Nc2ccnc[n+]21. The van der Waals surface area contributed by atoms with Gasteiger partial charge in [0.15, 0.2) is 0 Å². The molecule has 1 aromatic heterocycles. The van der Waals surface area contributed by atoms with Crippen LogP contribution >= 0.6 is 0 Å². The zero-order chi connectivity index (χ0) is 6.97. The molecule has 0 unspecified atom stereocenters. The number of hydrogen-bond acceptors (Lipinski definition) is 3. The fourth-order valence-corrected chi connectivity index (χ4v) is 0.725. The summed E-state index contributed by atoms with van der Waals surface area (Å²) in [6, 6.07) is 1.23. The molecule has 1 aromatic rings. The summed E-state index contributed by atoms with van der Waals surface area (Å²) < 4.78 is 1.28. The number of carbonyl (C=O) groups excluding carboxylic acids is 1. The molecule has 0 spiro atoms. The van der Waals surface area contributed by atoms with Crippen molar-refractivity contribution >= 4 is 11.8 Å². The Hall–Kier alpha value is -1.65. The molecule has 5 nitrogen and oxygen atoms in total. The van der Waals surface area contributed by atoms with Gasteiger partial charge in [0.05, 0.1) is 11.3 Å². The number of hydrogen-bond donors (Lipinski definition) is 0. The number of fused-ring (bicyclic) bond motifs is 1. The largest absolute Gasteiger partial charge is 0.482 e. The van der Waals surface area contributed by atoms with Gasteiger partial charge in [-0.25, -0.2) is 4.79 Å². The molecule has 0 saturated heterocycles. The second kappa shape index (κ2) is 1.66. The number of aromatic nitrogens is 2. The number of amides is 1. The van der Waals surface area contributed by atoms with Crippen LogP contribution in [0.15, 0.2) is 28.8 Å². The van der Waals surface area contributed by atoms with E-state index < -0.39 is 0 Å². The Morgan fingerprint density at radius 3 is 3.10 bits per heavy atom. The monoisotopic (exact) mass is 135 g/mol. The molecule has 5 heteroatoms. The van der Waals surface area contributed by atoms with Gasteiger partial charge in [0.2, 0.25) is 6.33 Å². The average molecular weight is 135 g/mol. The minimum absolute atomic E-state index is 0.386. The molecule has 2 heterocycles. The smallest absolute Gasteiger partial charge is 0.213 e. The molecule has 0 bridgehead atoms. The van der Waals surface area contributed by atoms with Crippen LogP contribution in [-0.2, 0) is 0 Å². The maximum Gasteiger partial charge on any atom is 0.482 e. The second-order valence-electron chi connectivity index (χ2n) is 1.79. The first-order valence-corrected chi connectivity index (χ1v) is 2.70. The van der Waals surface area contributed by atoms with Crippen molar-refractivity contribution in [3.63, 3.8) is 0 Å². The van der Waals surface area contributed by atoms with Crippen molar-refractivity contribution in [3.05, 3.63) is 18.6 Å². The topological polar surface area (TPSA) is 58.6 Å². The third-order valence-corrected chi connectivity index (χ3v) is 1.18. The molecule has 0 radical (unpaired) electrons. The normalized spacial score (nSPS) is 13.8. The molecule has 2 rings (SSSR count). The molecule has 0 N–H and O–H groups in total. The van der Waals surface area contributed by atoms with Crippen LogP contribution in [0.25, 0.3) is 0 Å². The summed E-state index contributed by atoms with van der Waals surface area (Å²) in [6.07, 6.45) is 2.95. The third-order valence-electron chi connectivity index (χ3n) is 1.18. The first kappa shape index (κ1) is 5.16. The molecule has 0 saturated carbocycles. The van der Waals surface area contributed by atoms with E-state index in [0.717, 1.165) is 0 Å². The molecule has 0 aliphatic carbocycles. The summed E-state index contributed by atoms with van der Waals surface area (Å²) >= 11 is 0. The van der Waals surface area contributed by atoms with Crippen molar-refractivity contribution in [1.29, 1.82) is 0 Å². The summed E-state index contributed by atoms with van der Waals surface area (Å²) in [5.41, 5.74) is 0. The van der Waals surface area contributed by atoms with Crippen molar-refractivity contribution in [2.45, 2.75) is 0 Å². The van der Waals surface area contributed by atoms with E-state index in [1.54, 1.807) is 12.3 Å². The standard InChI is InChI=1S/C5H3N4O/c10-5-8-7-4-1-2-6-3-9(4)5/h1-3H/q+1. The first-order chi connectivity index (χ1) is 4.88. The number of carbonyl (C=O) groups is 1. The molecule has 1 aliphatic heterocycles. The molecular weight excluding hydrogens is 132 g/mol. The summed E-state index contributed by atoms with van der Waals surface area (Å²) in [4.78, 5) is 14.5. The van der Waals surface area contributed by atoms with Crippen LogP contribution in [0.3, 0.4) is 0 Å². The molecule has 48 valence electrons. The number of rotatable bonds is 0. The minimum Gasteiger partial charge on any atom is -0.213 e. The van der Waals surface area contributed by atoms with E-state index >= 15 is 0 Å². The van der Waals surface area contributed by atoms with Gasteiger partial charge >= 0.3 is 6.03 Å². The van der Waals surface area contributed by atoms with Crippen molar-refractivity contribution < 1.29 is 9.36 Å². The Balaban J connectivity index is 2.70. The quantitative estimate of drug-likeness (QED) is 0.484. The fourth-order valence-electron chi connectivity index (χ4n) is 0.725. The minimum atomic E-state index is -0.386. The summed E-state index contributed by atoms with van der Waals surface area (Å²) in [6.45, 7) is 0. The van der Waals surface area contributed by atoms with Gasteiger partial charge in [-0.1, -0.05) is 0 Å². The van der Waals surface area contributed by atoms with Gasteiger partial charge in [0.1, 0.15) is 0 Å². The van der Waals surface area contributed by atoms with Crippen LogP contribution in [0.5, 0.6) is 0 Å². The highest BCUT2D eigenvalue weighted by Crippen LogP contribution is 2.07. The van der Waals surface area contributed by atoms with Crippen molar-refractivity contribution in [3.8, 4) is 0 Å². The van der Waals surface area contributed by atoms with E-state index in [1.165, 1.54) is 10.9 Å². The van der Waals surface area contributed by atoms with Crippen LogP contribution in [0.4, 0.5) is 10.6 Å². The van der Waals surface area contributed by atoms with Crippen molar-refractivity contribution in [1.82, 2.24) is 4.98 Å². The maximum absolute atomic E-state index is 10.7. The average Bonchev–Trinajstić information content (AvgIpc) is 2.34. The van der Waals surface area contributed by atoms with E-state index in [9.17, 15) is 4.79 Å². The lowest BCUT2D eigenvalue weighted by atomic mass is 10.6. The van der Waals surface area contributed by atoms with Gasteiger partial charge in [-0.2, -0.15) is 9.55 Å². The summed E-state index contributed by atoms with van der Waals surface area (Å²) in [7, 11) is 0. The van der Waals surface area contributed by atoms with Crippen LogP contribution in [-0.4, -0.2) is 11.0 Å². The van der Waals surface area contributed by atoms with E-state index in [-0.39, 0.29) is 6.03 Å². The summed E-state index contributed by atoms with van der Waals surface area (Å²) in [5, 5.41) is 6.89. The van der Waals surface area contributed by atoms with Gasteiger partial charge in [-0.15, -0.1) is 0 Å². The molecule has 0 fully saturated rings. The van der Waals surface area contributed by atoms with Gasteiger partial charge in [0.25, 0.3) is 5.82 Å².